The van der Waals surface area contributed by atoms with Gasteiger partial charge in [-0.2, -0.15) is 0 Å². The summed E-state index contributed by atoms with van der Waals surface area (Å²) < 4.78 is 24.7. The van der Waals surface area contributed by atoms with E-state index in [1.165, 1.54) is 0 Å². The molecule has 0 bridgehead atoms. The van der Waals surface area contributed by atoms with Crippen LogP contribution in [0.15, 0.2) is 0 Å². The van der Waals surface area contributed by atoms with E-state index in [0.717, 1.165) is 25.7 Å². The molecule has 2 heterocycles. The summed E-state index contributed by atoms with van der Waals surface area (Å²) in [5.41, 5.74) is -0.506. The van der Waals surface area contributed by atoms with Crippen molar-refractivity contribution in [3.8, 4) is 0 Å². The molecule has 0 aromatic heterocycles. The highest BCUT2D eigenvalue weighted by atomic mass is 28.4. The van der Waals surface area contributed by atoms with Crippen LogP contribution in [0.3, 0.4) is 0 Å². The van der Waals surface area contributed by atoms with Crippen LogP contribution in [0.4, 0.5) is 0 Å². The Morgan fingerprint density at radius 3 is 2.44 bits per heavy atom. The van der Waals surface area contributed by atoms with Crippen molar-refractivity contribution in [2.75, 3.05) is 13.7 Å². The summed E-state index contributed by atoms with van der Waals surface area (Å²) >= 11 is 0. The lowest BCUT2D eigenvalue weighted by atomic mass is 9.68. The first-order valence-electron chi connectivity index (χ1n) is 9.47. The molecule has 3 rings (SSSR count). The van der Waals surface area contributed by atoms with Crippen LogP contribution in [0.2, 0.25) is 18.1 Å². The van der Waals surface area contributed by atoms with E-state index in [-0.39, 0.29) is 40.5 Å². The second-order valence-electron chi connectivity index (χ2n) is 9.68. The molecule has 1 aliphatic carbocycles. The molecule has 6 heteroatoms. The van der Waals surface area contributed by atoms with E-state index in [2.05, 4.69) is 40.8 Å². The number of hydrogen-bond acceptors (Lipinski definition) is 5. The van der Waals surface area contributed by atoms with Crippen molar-refractivity contribution in [2.45, 2.75) is 94.6 Å². The molecular weight excluding hydrogens is 336 g/mol. The number of methoxy groups -OCH3 is 1. The summed E-state index contributed by atoms with van der Waals surface area (Å²) in [6.07, 6.45) is 3.29. The third kappa shape index (κ3) is 3.25. The molecule has 2 saturated heterocycles. The molecule has 1 saturated carbocycles. The highest BCUT2D eigenvalue weighted by Gasteiger charge is 2.72. The van der Waals surface area contributed by atoms with Gasteiger partial charge < -0.3 is 23.4 Å². The van der Waals surface area contributed by atoms with Crippen molar-refractivity contribution < 1.29 is 23.4 Å². The summed E-state index contributed by atoms with van der Waals surface area (Å²) in [5.74, 6) is 0.110. The maximum absolute atomic E-state index is 11.0. The molecule has 1 unspecified atom stereocenters. The number of carbonyl (C=O) groups is 1. The van der Waals surface area contributed by atoms with Crippen molar-refractivity contribution in [1.29, 1.82) is 0 Å². The first kappa shape index (κ1) is 19.5. The van der Waals surface area contributed by atoms with E-state index < -0.39 is 8.32 Å². The van der Waals surface area contributed by atoms with E-state index >= 15 is 0 Å². The zero-order valence-corrected chi connectivity index (χ0v) is 17.8. The monoisotopic (exact) mass is 370 g/mol. The maximum Gasteiger partial charge on any atom is 0.192 e. The number of rotatable bonds is 6. The van der Waals surface area contributed by atoms with Gasteiger partial charge in [0, 0.05) is 13.5 Å². The molecule has 3 aliphatic rings. The Morgan fingerprint density at radius 1 is 1.32 bits per heavy atom. The molecule has 0 amide bonds. The van der Waals surface area contributed by atoms with Crippen LogP contribution in [-0.2, 0) is 23.4 Å². The van der Waals surface area contributed by atoms with E-state index in [1.807, 2.05) is 0 Å². The SMILES string of the molecule is CO[C@H]1[C@H](C2(C)O[C@@H]2CC=O)[C@]2(CC[C@H]1O[Si](C)(C)C(C)(C)C)CO2. The first-order chi connectivity index (χ1) is 11.5. The van der Waals surface area contributed by atoms with Crippen molar-refractivity contribution >= 4 is 14.6 Å². The van der Waals surface area contributed by atoms with Crippen LogP contribution in [-0.4, -0.2) is 57.8 Å². The second kappa shape index (κ2) is 6.13. The summed E-state index contributed by atoms with van der Waals surface area (Å²) in [7, 11) is -0.129. The normalized spacial score (nSPS) is 44.0. The van der Waals surface area contributed by atoms with Crippen LogP contribution in [0.5, 0.6) is 0 Å². The van der Waals surface area contributed by atoms with Crippen LogP contribution in [0.25, 0.3) is 0 Å². The Balaban J connectivity index is 1.83. The lowest BCUT2D eigenvalue weighted by Gasteiger charge is -2.47. The minimum absolute atomic E-state index is 0.0275. The minimum atomic E-state index is -1.89. The van der Waals surface area contributed by atoms with Gasteiger partial charge in [-0.3, -0.25) is 0 Å². The highest BCUT2D eigenvalue weighted by molar-refractivity contribution is 6.74. The summed E-state index contributed by atoms with van der Waals surface area (Å²) in [4.78, 5) is 11.0. The Hall–Kier alpha value is -0.273. The molecule has 0 aromatic rings. The second-order valence-corrected chi connectivity index (χ2v) is 14.4. The van der Waals surface area contributed by atoms with Gasteiger partial charge in [-0.25, -0.2) is 0 Å². The van der Waals surface area contributed by atoms with Crippen molar-refractivity contribution in [3.63, 3.8) is 0 Å². The Bertz CT molecular complexity index is 524. The van der Waals surface area contributed by atoms with Gasteiger partial charge in [0.05, 0.1) is 36.4 Å². The van der Waals surface area contributed by atoms with Crippen molar-refractivity contribution in [2.24, 2.45) is 5.92 Å². The van der Waals surface area contributed by atoms with E-state index in [9.17, 15) is 4.79 Å². The maximum atomic E-state index is 11.0. The fourth-order valence-corrected chi connectivity index (χ4v) is 5.73. The molecule has 1 spiro atoms. The van der Waals surface area contributed by atoms with Gasteiger partial charge in [0.25, 0.3) is 0 Å². The third-order valence-corrected chi connectivity index (χ3v) is 11.6. The largest absolute Gasteiger partial charge is 0.411 e. The molecule has 144 valence electrons. The fraction of sp³-hybridized carbons (Fsp3) is 0.947. The average molecular weight is 371 g/mol. The number of hydrogen-bond donors (Lipinski definition) is 0. The Kier molecular flexibility index (Phi) is 4.78. The van der Waals surface area contributed by atoms with E-state index in [1.54, 1.807) is 7.11 Å². The van der Waals surface area contributed by atoms with Crippen LogP contribution in [0.1, 0.15) is 47.0 Å². The smallest absolute Gasteiger partial charge is 0.192 e. The topological polar surface area (TPSA) is 60.6 Å². The molecule has 5 nitrogen and oxygen atoms in total. The van der Waals surface area contributed by atoms with Gasteiger partial charge in [0.1, 0.15) is 11.9 Å². The summed E-state index contributed by atoms with van der Waals surface area (Å²) in [6, 6.07) is 0. The Labute approximate surface area is 152 Å². The van der Waals surface area contributed by atoms with Gasteiger partial charge in [0.15, 0.2) is 8.32 Å². The summed E-state index contributed by atoms with van der Waals surface area (Å²) in [6.45, 7) is 14.2. The number of carbonyl (C=O) groups excluding carboxylic acids is 1. The summed E-state index contributed by atoms with van der Waals surface area (Å²) in [5, 5.41) is 0.159. The molecule has 6 atom stereocenters. The van der Waals surface area contributed by atoms with Gasteiger partial charge in [-0.15, -0.1) is 0 Å². The van der Waals surface area contributed by atoms with E-state index in [0.29, 0.717) is 6.42 Å². The van der Waals surface area contributed by atoms with Crippen LogP contribution in [0, 0.1) is 5.92 Å². The molecule has 25 heavy (non-hydrogen) atoms. The number of aldehydes is 1. The number of epoxide rings is 2. The quantitative estimate of drug-likeness (QED) is 0.408. The molecule has 0 radical (unpaired) electrons. The molecule has 0 aromatic carbocycles. The minimum Gasteiger partial charge on any atom is -0.411 e. The Morgan fingerprint density at radius 2 is 1.96 bits per heavy atom. The molecular formula is C19H34O5Si. The predicted octanol–water partition coefficient (Wildman–Crippen LogP) is 3.32. The van der Waals surface area contributed by atoms with E-state index in [4.69, 9.17) is 18.6 Å². The van der Waals surface area contributed by atoms with Gasteiger partial charge in [0.2, 0.25) is 0 Å². The van der Waals surface area contributed by atoms with Crippen LogP contribution < -0.4 is 0 Å². The zero-order chi connectivity index (χ0) is 18.7. The highest BCUT2D eigenvalue weighted by Crippen LogP contribution is 2.59. The van der Waals surface area contributed by atoms with Gasteiger partial charge >= 0.3 is 0 Å². The molecule has 3 fully saturated rings. The predicted molar refractivity (Wildman–Crippen MR) is 98.2 cm³/mol. The fourth-order valence-electron chi connectivity index (χ4n) is 4.37. The van der Waals surface area contributed by atoms with Crippen LogP contribution >= 0.6 is 0 Å². The zero-order valence-electron chi connectivity index (χ0n) is 16.8. The third-order valence-electron chi connectivity index (χ3n) is 7.06. The standard InChI is InChI=1S/C19H34O5Si/c1-17(2,3)25(6,7)24-13-8-10-19(12-22-19)16(15(13)21-5)18(4)14(23-18)9-11-20/h11,13-16H,8-10,12H2,1-7H3/t13-,14-,15-,16-,18?,19+/m1/s1. The lowest BCUT2D eigenvalue weighted by molar-refractivity contribution is -0.111. The first-order valence-corrected chi connectivity index (χ1v) is 12.4. The van der Waals surface area contributed by atoms with Crippen molar-refractivity contribution in [3.05, 3.63) is 0 Å². The lowest BCUT2D eigenvalue weighted by Crippen LogP contribution is -2.58. The molecule has 0 N–H and O–H groups in total. The number of ether oxygens (including phenoxy) is 3. The van der Waals surface area contributed by atoms with Gasteiger partial charge in [-0.1, -0.05) is 20.8 Å². The van der Waals surface area contributed by atoms with Crippen molar-refractivity contribution in [1.82, 2.24) is 0 Å². The van der Waals surface area contributed by atoms with Gasteiger partial charge in [-0.05, 0) is 37.9 Å². The molecule has 2 aliphatic heterocycles. The average Bonchev–Trinajstić information content (AvgIpc) is 3.39.